The Morgan fingerprint density at radius 2 is 1.56 bits per heavy atom. The Hall–Kier alpha value is -3.77. The number of hydrogen-bond acceptors (Lipinski definition) is 5. The molecule has 39 heavy (non-hydrogen) atoms. The topological polar surface area (TPSA) is 72.9 Å². The summed E-state index contributed by atoms with van der Waals surface area (Å²) in [6.45, 7) is 4.57. The first kappa shape index (κ1) is 24.3. The molecular formula is C33H31NO5. The van der Waals surface area contributed by atoms with E-state index >= 15 is 0 Å². The van der Waals surface area contributed by atoms with Crippen molar-refractivity contribution in [3.05, 3.63) is 94.2 Å². The fourth-order valence-corrected chi connectivity index (χ4v) is 6.85. The van der Waals surface area contributed by atoms with Crippen molar-refractivity contribution < 1.29 is 23.9 Å². The molecule has 3 aromatic carbocycles. The molecule has 0 spiro atoms. The lowest BCUT2D eigenvalue weighted by Gasteiger charge is -2.50. The molecule has 0 saturated heterocycles. The van der Waals surface area contributed by atoms with Crippen molar-refractivity contribution >= 4 is 28.4 Å². The highest BCUT2D eigenvalue weighted by molar-refractivity contribution is 6.21. The van der Waals surface area contributed by atoms with Gasteiger partial charge in [0.15, 0.2) is 5.78 Å². The van der Waals surface area contributed by atoms with Crippen LogP contribution in [0.5, 0.6) is 0 Å². The molecule has 6 heteroatoms. The number of nitrogens with zero attached hydrogens (tertiary/aromatic N) is 1. The number of ketones is 1. The van der Waals surface area contributed by atoms with Gasteiger partial charge in [-0.15, -0.1) is 0 Å². The lowest BCUT2D eigenvalue weighted by atomic mass is 9.72. The van der Waals surface area contributed by atoms with E-state index in [-0.39, 0.29) is 23.0 Å². The summed E-state index contributed by atoms with van der Waals surface area (Å²) in [6, 6.07) is 19.5. The number of carbonyl (C=O) groups excluding carboxylic acids is 3. The average molecular weight is 522 g/mol. The molecule has 3 aliphatic heterocycles. The van der Waals surface area contributed by atoms with E-state index in [2.05, 4.69) is 38.1 Å². The summed E-state index contributed by atoms with van der Waals surface area (Å²) in [6.07, 6.45) is 3.27. The zero-order chi connectivity index (χ0) is 26.9. The molecule has 7 rings (SSSR count). The van der Waals surface area contributed by atoms with Gasteiger partial charge in [0.05, 0.1) is 16.7 Å². The second-order valence-electron chi connectivity index (χ2n) is 12.1. The molecule has 0 fully saturated rings. The summed E-state index contributed by atoms with van der Waals surface area (Å²) in [4.78, 5) is 40.4. The second kappa shape index (κ2) is 8.62. The van der Waals surface area contributed by atoms with Gasteiger partial charge in [0, 0.05) is 32.2 Å². The van der Waals surface area contributed by atoms with E-state index in [0.29, 0.717) is 61.8 Å². The minimum absolute atomic E-state index is 0.103. The normalized spacial score (nSPS) is 24.9. The third kappa shape index (κ3) is 3.84. The maximum Gasteiger partial charge on any atom is 0.261 e. The first-order valence-corrected chi connectivity index (χ1v) is 13.8. The second-order valence-corrected chi connectivity index (χ2v) is 12.1. The largest absolute Gasteiger partial charge is 0.466 e. The van der Waals surface area contributed by atoms with Gasteiger partial charge in [-0.2, -0.15) is 0 Å². The maximum atomic E-state index is 13.4. The highest BCUT2D eigenvalue weighted by atomic mass is 16.7. The van der Waals surface area contributed by atoms with Crippen LogP contribution in [0.25, 0.3) is 10.8 Å². The van der Waals surface area contributed by atoms with Crippen LogP contribution in [0.1, 0.15) is 83.9 Å². The van der Waals surface area contributed by atoms with Gasteiger partial charge < -0.3 is 9.47 Å². The van der Waals surface area contributed by atoms with Gasteiger partial charge in [-0.3, -0.25) is 19.3 Å². The number of fused-ring (bicyclic) bond motifs is 8. The number of benzene rings is 3. The third-order valence-electron chi connectivity index (χ3n) is 8.66. The van der Waals surface area contributed by atoms with E-state index in [0.717, 1.165) is 22.1 Å². The first-order chi connectivity index (χ1) is 18.8. The molecule has 6 nitrogen and oxygen atoms in total. The Morgan fingerprint density at radius 3 is 2.33 bits per heavy atom. The van der Waals surface area contributed by atoms with Gasteiger partial charge in [0.1, 0.15) is 11.9 Å². The number of allylic oxidation sites excluding steroid dienone is 1. The summed E-state index contributed by atoms with van der Waals surface area (Å²) in [5.74, 6) is -0.473. The Morgan fingerprint density at radius 1 is 0.846 bits per heavy atom. The molecule has 2 bridgehead atoms. The van der Waals surface area contributed by atoms with Crippen LogP contribution in [0.2, 0.25) is 0 Å². The SMILES string of the molecule is CC1(C)CC(=O)C2=C(C1)O[C@@]1(CCCCN3C(=O)c4ccccc4C3=O)Cc3c(ccc4ccccc34)[C@H]2O1. The average Bonchev–Trinajstić information content (AvgIpc) is 3.15. The highest BCUT2D eigenvalue weighted by Gasteiger charge is 2.52. The first-order valence-electron chi connectivity index (χ1n) is 13.8. The van der Waals surface area contributed by atoms with Crippen LogP contribution in [0.3, 0.4) is 0 Å². The Kier molecular flexibility index (Phi) is 5.37. The molecule has 198 valence electrons. The molecule has 1 aliphatic carbocycles. The standard InChI is InChI=1S/C33H31NO5/c1-32(2)18-26(35)28-27(19-32)38-33(15-7-8-16-34-30(36)23-11-5-6-12-24(23)31(34)37)17-25-21-10-4-3-9-20(21)13-14-22(25)29(28)39-33/h3-6,9-14,29H,7-8,15-19H2,1-2H3/t29-,33-/m1/s1. The summed E-state index contributed by atoms with van der Waals surface area (Å²) in [7, 11) is 0. The third-order valence-corrected chi connectivity index (χ3v) is 8.66. The van der Waals surface area contributed by atoms with E-state index in [4.69, 9.17) is 9.47 Å². The molecule has 0 aromatic heterocycles. The molecular weight excluding hydrogens is 490 g/mol. The van der Waals surface area contributed by atoms with Crippen molar-refractivity contribution in [3.63, 3.8) is 0 Å². The zero-order valence-corrected chi connectivity index (χ0v) is 22.3. The van der Waals surface area contributed by atoms with Crippen LogP contribution in [-0.2, 0) is 20.7 Å². The van der Waals surface area contributed by atoms with E-state index in [1.165, 1.54) is 10.5 Å². The van der Waals surface area contributed by atoms with Gasteiger partial charge in [0.25, 0.3) is 11.8 Å². The van der Waals surface area contributed by atoms with Crippen molar-refractivity contribution in [1.82, 2.24) is 4.90 Å². The number of ether oxygens (including phenoxy) is 2. The molecule has 2 amide bonds. The van der Waals surface area contributed by atoms with E-state index in [9.17, 15) is 14.4 Å². The molecule has 3 aromatic rings. The van der Waals surface area contributed by atoms with Crippen molar-refractivity contribution in [2.24, 2.45) is 5.41 Å². The molecule has 3 heterocycles. The van der Waals surface area contributed by atoms with Crippen LogP contribution < -0.4 is 0 Å². The fourth-order valence-electron chi connectivity index (χ4n) is 6.85. The summed E-state index contributed by atoms with van der Waals surface area (Å²) in [5.41, 5.74) is 3.69. The Labute approximate surface area is 227 Å². The van der Waals surface area contributed by atoms with Gasteiger partial charge in [-0.25, -0.2) is 0 Å². The fraction of sp³-hybridized carbons (Fsp3) is 0.364. The van der Waals surface area contributed by atoms with Crippen LogP contribution in [0, 0.1) is 5.41 Å². The minimum Gasteiger partial charge on any atom is -0.466 e. The maximum absolute atomic E-state index is 13.4. The molecule has 0 unspecified atom stereocenters. The van der Waals surface area contributed by atoms with Crippen molar-refractivity contribution in [1.29, 1.82) is 0 Å². The van der Waals surface area contributed by atoms with Crippen LogP contribution in [0.4, 0.5) is 0 Å². The lowest BCUT2D eigenvalue weighted by molar-refractivity contribution is -0.266. The summed E-state index contributed by atoms with van der Waals surface area (Å²) >= 11 is 0. The Balaban J connectivity index is 1.18. The monoisotopic (exact) mass is 521 g/mol. The number of unbranched alkanes of at least 4 members (excludes halogenated alkanes) is 1. The van der Waals surface area contributed by atoms with E-state index in [1.807, 2.05) is 12.1 Å². The number of rotatable bonds is 5. The van der Waals surface area contributed by atoms with Gasteiger partial charge in [-0.1, -0.05) is 62.4 Å². The van der Waals surface area contributed by atoms with Crippen molar-refractivity contribution in [3.8, 4) is 0 Å². The zero-order valence-electron chi connectivity index (χ0n) is 22.3. The quantitative estimate of drug-likeness (QED) is 0.291. The van der Waals surface area contributed by atoms with Crippen LogP contribution in [0.15, 0.2) is 72.0 Å². The Bertz CT molecular complexity index is 1570. The minimum atomic E-state index is -0.893. The molecule has 4 aliphatic rings. The van der Waals surface area contributed by atoms with Crippen molar-refractivity contribution in [2.45, 2.75) is 64.3 Å². The number of hydrogen-bond donors (Lipinski definition) is 0. The highest BCUT2D eigenvalue weighted by Crippen LogP contribution is 2.54. The van der Waals surface area contributed by atoms with Gasteiger partial charge in [-0.05, 0) is 52.3 Å². The number of amides is 2. The molecule has 0 N–H and O–H groups in total. The van der Waals surface area contributed by atoms with E-state index in [1.54, 1.807) is 24.3 Å². The molecule has 0 radical (unpaired) electrons. The summed E-state index contributed by atoms with van der Waals surface area (Å²) < 4.78 is 13.4. The van der Waals surface area contributed by atoms with Gasteiger partial charge in [0.2, 0.25) is 5.79 Å². The molecule has 2 atom stereocenters. The predicted molar refractivity (Wildman–Crippen MR) is 146 cm³/mol. The van der Waals surface area contributed by atoms with Gasteiger partial charge >= 0.3 is 0 Å². The van der Waals surface area contributed by atoms with Crippen molar-refractivity contribution in [2.75, 3.05) is 6.54 Å². The molecule has 0 saturated carbocycles. The van der Waals surface area contributed by atoms with Crippen LogP contribution in [-0.4, -0.2) is 34.8 Å². The smallest absolute Gasteiger partial charge is 0.261 e. The summed E-state index contributed by atoms with van der Waals surface area (Å²) in [5, 5.41) is 2.32. The number of imide groups is 1. The van der Waals surface area contributed by atoms with Crippen LogP contribution >= 0.6 is 0 Å². The van der Waals surface area contributed by atoms with E-state index < -0.39 is 11.9 Å². The number of Topliss-reactive ketones (excluding diaryl/α,β-unsaturated/α-hetero) is 1. The predicted octanol–water partition coefficient (Wildman–Crippen LogP) is 6.29. The lowest BCUT2D eigenvalue weighted by Crippen LogP contribution is -2.49. The number of carbonyl (C=O) groups is 3.